The number of Topliss-reactive ketones (excluding diaryl/α,β-unsaturated/α-hetero) is 1. The Morgan fingerprint density at radius 3 is 2.38 bits per heavy atom. The lowest BCUT2D eigenvalue weighted by Crippen LogP contribution is -2.35. The van der Waals surface area contributed by atoms with Crippen LogP contribution in [-0.2, 0) is 11.2 Å². The summed E-state index contributed by atoms with van der Waals surface area (Å²) >= 11 is 0. The van der Waals surface area contributed by atoms with E-state index in [-0.39, 0.29) is 11.7 Å². The van der Waals surface area contributed by atoms with Gasteiger partial charge in [0.1, 0.15) is 0 Å². The molecule has 0 saturated carbocycles. The Balaban J connectivity index is 1.38. The number of carbonyl (C=O) groups is 2. The van der Waals surface area contributed by atoms with Crippen LogP contribution >= 0.6 is 0 Å². The Hall–Kier alpha value is -2.46. The molecule has 0 atom stereocenters. The Morgan fingerprint density at radius 2 is 1.62 bits per heavy atom. The van der Waals surface area contributed by atoms with E-state index in [0.29, 0.717) is 18.4 Å². The van der Waals surface area contributed by atoms with Crippen LogP contribution in [0, 0.1) is 6.92 Å². The van der Waals surface area contributed by atoms with Crippen LogP contribution in [0.1, 0.15) is 47.2 Å². The first kappa shape index (κ1) is 21.3. The highest BCUT2D eigenvalue weighted by molar-refractivity contribution is 5.97. The Bertz CT molecular complexity index is 786. The van der Waals surface area contributed by atoms with Crippen molar-refractivity contribution in [3.63, 3.8) is 0 Å². The van der Waals surface area contributed by atoms with Crippen LogP contribution in [0.3, 0.4) is 0 Å². The van der Waals surface area contributed by atoms with Gasteiger partial charge in [-0.25, -0.2) is 0 Å². The van der Waals surface area contributed by atoms with Crippen molar-refractivity contribution in [1.29, 1.82) is 0 Å². The van der Waals surface area contributed by atoms with Gasteiger partial charge >= 0.3 is 0 Å². The number of amides is 1. The maximum atomic E-state index is 12.6. The highest BCUT2D eigenvalue weighted by Crippen LogP contribution is 2.11. The largest absolute Gasteiger partial charge is 0.341 e. The van der Waals surface area contributed by atoms with Gasteiger partial charge in [0.15, 0.2) is 5.78 Å². The number of aryl methyl sites for hydroxylation is 2. The third kappa shape index (κ3) is 6.82. The molecule has 4 nitrogen and oxygen atoms in total. The lowest BCUT2D eigenvalue weighted by molar-refractivity contribution is -0.131. The average Bonchev–Trinajstić information content (AvgIpc) is 2.99. The van der Waals surface area contributed by atoms with E-state index in [1.165, 1.54) is 5.56 Å². The van der Waals surface area contributed by atoms with Gasteiger partial charge in [-0.2, -0.15) is 0 Å². The number of hydrogen-bond acceptors (Lipinski definition) is 3. The van der Waals surface area contributed by atoms with Crippen LogP contribution in [0.25, 0.3) is 0 Å². The second-order valence-electron chi connectivity index (χ2n) is 7.95. The highest BCUT2D eigenvalue weighted by atomic mass is 16.2. The minimum absolute atomic E-state index is 0.0516. The minimum Gasteiger partial charge on any atom is -0.341 e. The molecule has 4 heteroatoms. The average molecular weight is 393 g/mol. The predicted octanol–water partition coefficient (Wildman–Crippen LogP) is 4.13. The summed E-state index contributed by atoms with van der Waals surface area (Å²) in [6.45, 7) is 6.61. The molecule has 0 bridgehead atoms. The van der Waals surface area contributed by atoms with E-state index in [1.54, 1.807) is 0 Å². The summed E-state index contributed by atoms with van der Waals surface area (Å²) in [6, 6.07) is 18.2. The molecule has 0 unspecified atom stereocenters. The van der Waals surface area contributed by atoms with Gasteiger partial charge < -0.3 is 9.80 Å². The smallest absolute Gasteiger partial charge is 0.223 e. The first-order chi connectivity index (χ1) is 14.1. The van der Waals surface area contributed by atoms with Crippen molar-refractivity contribution in [3.8, 4) is 0 Å². The number of rotatable bonds is 8. The Kier molecular flexibility index (Phi) is 8.00. The van der Waals surface area contributed by atoms with E-state index in [0.717, 1.165) is 57.5 Å². The lowest BCUT2D eigenvalue weighted by atomic mass is 10.0. The molecular weight excluding hydrogens is 360 g/mol. The molecule has 0 N–H and O–H groups in total. The van der Waals surface area contributed by atoms with Crippen LogP contribution in [0.5, 0.6) is 0 Å². The first-order valence-electron chi connectivity index (χ1n) is 10.8. The van der Waals surface area contributed by atoms with E-state index in [2.05, 4.69) is 35.2 Å². The van der Waals surface area contributed by atoms with Crippen molar-refractivity contribution in [3.05, 3.63) is 71.3 Å². The molecule has 0 aromatic heterocycles. The van der Waals surface area contributed by atoms with Crippen LogP contribution in [0.2, 0.25) is 0 Å². The fourth-order valence-electron chi connectivity index (χ4n) is 3.86. The van der Waals surface area contributed by atoms with Gasteiger partial charge in [-0.1, -0.05) is 60.2 Å². The molecule has 1 aliphatic rings. The summed E-state index contributed by atoms with van der Waals surface area (Å²) in [5.74, 6) is 0.160. The summed E-state index contributed by atoms with van der Waals surface area (Å²) in [4.78, 5) is 29.3. The first-order valence-corrected chi connectivity index (χ1v) is 10.8. The third-order valence-electron chi connectivity index (χ3n) is 5.66. The van der Waals surface area contributed by atoms with E-state index in [4.69, 9.17) is 0 Å². The number of benzene rings is 2. The molecule has 154 valence electrons. The second kappa shape index (κ2) is 10.9. The quantitative estimate of drug-likeness (QED) is 0.635. The zero-order chi connectivity index (χ0) is 20.5. The Labute approximate surface area is 174 Å². The van der Waals surface area contributed by atoms with Gasteiger partial charge in [0, 0.05) is 38.0 Å². The van der Waals surface area contributed by atoms with Gasteiger partial charge in [-0.3, -0.25) is 9.59 Å². The molecule has 1 aliphatic heterocycles. The molecule has 3 rings (SSSR count). The summed E-state index contributed by atoms with van der Waals surface area (Å²) < 4.78 is 0. The van der Waals surface area contributed by atoms with Crippen LogP contribution in [0.4, 0.5) is 0 Å². The zero-order valence-electron chi connectivity index (χ0n) is 17.5. The molecular formula is C25H32N2O2. The second-order valence-corrected chi connectivity index (χ2v) is 7.95. The van der Waals surface area contributed by atoms with Crippen molar-refractivity contribution in [2.45, 2.75) is 39.0 Å². The minimum atomic E-state index is 0.0516. The fourth-order valence-corrected chi connectivity index (χ4v) is 3.86. The van der Waals surface area contributed by atoms with Crippen molar-refractivity contribution in [2.24, 2.45) is 0 Å². The van der Waals surface area contributed by atoms with Gasteiger partial charge in [-0.05, 0) is 44.8 Å². The predicted molar refractivity (Wildman–Crippen MR) is 117 cm³/mol. The molecule has 1 saturated heterocycles. The van der Waals surface area contributed by atoms with E-state index in [1.807, 2.05) is 36.1 Å². The highest BCUT2D eigenvalue weighted by Gasteiger charge is 2.19. The molecule has 0 spiro atoms. The summed E-state index contributed by atoms with van der Waals surface area (Å²) in [5.41, 5.74) is 3.22. The summed E-state index contributed by atoms with van der Waals surface area (Å²) in [7, 11) is 0. The topological polar surface area (TPSA) is 40.6 Å². The standard InChI is InChI=1S/C25H32N2O2/c1-21-10-12-23(13-11-21)24(28)14-15-25(29)27-18-6-17-26(19-20-27)16-5-9-22-7-3-2-4-8-22/h2-4,7-8,10-13H,5-6,9,14-20H2,1H3. The molecule has 2 aromatic carbocycles. The number of ketones is 1. The van der Waals surface area contributed by atoms with Crippen molar-refractivity contribution in [2.75, 3.05) is 32.7 Å². The molecule has 1 fully saturated rings. The third-order valence-corrected chi connectivity index (χ3v) is 5.66. The summed E-state index contributed by atoms with van der Waals surface area (Å²) in [6.07, 6.45) is 3.84. The van der Waals surface area contributed by atoms with Gasteiger partial charge in [0.2, 0.25) is 5.91 Å². The number of nitrogens with zero attached hydrogens (tertiary/aromatic N) is 2. The van der Waals surface area contributed by atoms with Crippen LogP contribution < -0.4 is 0 Å². The van der Waals surface area contributed by atoms with Crippen molar-refractivity contribution >= 4 is 11.7 Å². The Morgan fingerprint density at radius 1 is 0.862 bits per heavy atom. The fraction of sp³-hybridized carbons (Fsp3) is 0.440. The van der Waals surface area contributed by atoms with E-state index < -0.39 is 0 Å². The number of hydrogen-bond donors (Lipinski definition) is 0. The van der Waals surface area contributed by atoms with Gasteiger partial charge in [0.25, 0.3) is 0 Å². The molecule has 1 heterocycles. The maximum Gasteiger partial charge on any atom is 0.223 e. The van der Waals surface area contributed by atoms with E-state index >= 15 is 0 Å². The van der Waals surface area contributed by atoms with Crippen LogP contribution in [-0.4, -0.2) is 54.2 Å². The maximum absolute atomic E-state index is 12.6. The molecule has 0 aliphatic carbocycles. The van der Waals surface area contributed by atoms with Gasteiger partial charge in [0.05, 0.1) is 0 Å². The summed E-state index contributed by atoms with van der Waals surface area (Å²) in [5, 5.41) is 0. The normalized spacial score (nSPS) is 15.1. The monoisotopic (exact) mass is 392 g/mol. The molecule has 0 radical (unpaired) electrons. The van der Waals surface area contributed by atoms with Crippen molar-refractivity contribution in [1.82, 2.24) is 9.80 Å². The van der Waals surface area contributed by atoms with Crippen LogP contribution in [0.15, 0.2) is 54.6 Å². The SMILES string of the molecule is Cc1ccc(C(=O)CCC(=O)N2CCCN(CCCc3ccccc3)CC2)cc1. The van der Waals surface area contributed by atoms with Gasteiger partial charge in [-0.15, -0.1) is 0 Å². The zero-order valence-corrected chi connectivity index (χ0v) is 17.5. The lowest BCUT2D eigenvalue weighted by Gasteiger charge is -2.22. The molecule has 2 aromatic rings. The number of carbonyl (C=O) groups excluding carboxylic acids is 2. The van der Waals surface area contributed by atoms with Crippen molar-refractivity contribution < 1.29 is 9.59 Å². The van der Waals surface area contributed by atoms with E-state index in [9.17, 15) is 9.59 Å². The molecule has 29 heavy (non-hydrogen) atoms. The molecule has 1 amide bonds.